The highest BCUT2D eigenvalue weighted by Crippen LogP contribution is 2.44. The van der Waals surface area contributed by atoms with Crippen molar-refractivity contribution in [3.05, 3.63) is 53.2 Å². The minimum absolute atomic E-state index is 0.0842. The molecule has 35 heavy (non-hydrogen) atoms. The monoisotopic (exact) mass is 500 g/mol. The number of nitrogens with two attached hydrogens (primary N) is 1. The lowest BCUT2D eigenvalue weighted by Gasteiger charge is -2.45. The average Bonchev–Trinajstić information content (AvgIpc) is 2.83. The lowest BCUT2D eigenvalue weighted by atomic mass is 9.74. The van der Waals surface area contributed by atoms with Gasteiger partial charge in [-0.3, -0.25) is 4.79 Å². The lowest BCUT2D eigenvalue weighted by molar-refractivity contribution is -0.154. The number of alkyl halides is 4. The number of aromatic nitrogens is 2. The smallest absolute Gasteiger partial charge is 0.422 e. The number of ether oxygens (including phenoxy) is 3. The molecule has 0 radical (unpaired) electrons. The number of hydrogen-bond donors (Lipinski definition) is 1. The van der Waals surface area contributed by atoms with Crippen LogP contribution in [0.3, 0.4) is 0 Å². The molecule has 0 aliphatic carbocycles. The first kappa shape index (κ1) is 24.8. The number of carbonyl (C=O) groups excluding carboxylic acids is 1. The molecule has 2 aromatic rings. The first-order valence-corrected chi connectivity index (χ1v) is 10.6. The number of hydrogen-bond acceptors (Lipinski definition) is 8. The molecule has 1 aromatic carbocycles. The summed E-state index contributed by atoms with van der Waals surface area (Å²) >= 11 is 0. The van der Waals surface area contributed by atoms with E-state index in [0.717, 1.165) is 18.5 Å². The molecule has 0 spiro atoms. The van der Waals surface area contributed by atoms with Crippen LogP contribution in [0.5, 0.6) is 5.88 Å². The molecule has 2 N–H and O–H groups in total. The van der Waals surface area contributed by atoms with Gasteiger partial charge in [-0.25, -0.2) is 23.7 Å². The SMILES string of the molecule is NC1=N[C@](CF)(c2cc(CC(=O)c3cnc(OCC(F)(F)F)cn3)ccc2F)[C@H]2COCC[C@H]2O1. The molecule has 3 heterocycles. The van der Waals surface area contributed by atoms with E-state index in [1.165, 1.54) is 12.1 Å². The van der Waals surface area contributed by atoms with Crippen LogP contribution in [0.4, 0.5) is 22.0 Å². The standard InChI is InChI=1S/C22H21F5N4O4/c23-10-21(14-9-33-4-3-18(14)35-20(28)31-21)13-5-12(1-2-15(13)24)6-17(32)16-7-30-19(8-29-16)34-11-22(25,26)27/h1-2,5,7-8,14,18H,3-4,6,9-11H2,(H2,28,31)/t14-,18+,21+/m0/s1. The highest BCUT2D eigenvalue weighted by atomic mass is 19.4. The van der Waals surface area contributed by atoms with Crippen molar-refractivity contribution in [2.45, 2.75) is 30.7 Å². The fourth-order valence-electron chi connectivity index (χ4n) is 4.21. The van der Waals surface area contributed by atoms with Crippen molar-refractivity contribution in [3.8, 4) is 5.88 Å². The van der Waals surface area contributed by atoms with Crippen LogP contribution in [0, 0.1) is 11.7 Å². The molecule has 1 aromatic heterocycles. The number of rotatable bonds is 7. The van der Waals surface area contributed by atoms with Crippen LogP contribution in [0.25, 0.3) is 0 Å². The maximum Gasteiger partial charge on any atom is 0.422 e. The summed E-state index contributed by atoms with van der Waals surface area (Å²) < 4.78 is 81.7. The van der Waals surface area contributed by atoms with Gasteiger partial charge in [0.2, 0.25) is 5.88 Å². The van der Waals surface area contributed by atoms with Gasteiger partial charge in [0.15, 0.2) is 12.4 Å². The number of aliphatic imine (C=N–C) groups is 1. The van der Waals surface area contributed by atoms with Crippen molar-refractivity contribution in [3.63, 3.8) is 0 Å². The summed E-state index contributed by atoms with van der Waals surface area (Å²) in [6.45, 7) is -2.14. The maximum atomic E-state index is 15.0. The Kier molecular flexibility index (Phi) is 6.88. The van der Waals surface area contributed by atoms with Gasteiger partial charge >= 0.3 is 6.18 Å². The molecule has 188 valence electrons. The van der Waals surface area contributed by atoms with Crippen molar-refractivity contribution in [2.75, 3.05) is 26.5 Å². The molecule has 2 aliphatic heterocycles. The van der Waals surface area contributed by atoms with E-state index in [1.807, 2.05) is 0 Å². The second-order valence-electron chi connectivity index (χ2n) is 8.19. The summed E-state index contributed by atoms with van der Waals surface area (Å²) in [5, 5.41) is 0. The number of amidine groups is 1. The highest BCUT2D eigenvalue weighted by Gasteiger charge is 2.52. The van der Waals surface area contributed by atoms with E-state index in [-0.39, 0.29) is 30.3 Å². The van der Waals surface area contributed by atoms with Gasteiger partial charge < -0.3 is 19.9 Å². The van der Waals surface area contributed by atoms with Crippen LogP contribution >= 0.6 is 0 Å². The molecule has 3 atom stereocenters. The van der Waals surface area contributed by atoms with E-state index in [2.05, 4.69) is 19.7 Å². The molecule has 2 aliphatic rings. The Morgan fingerprint density at radius 3 is 2.74 bits per heavy atom. The van der Waals surface area contributed by atoms with E-state index < -0.39 is 54.5 Å². The van der Waals surface area contributed by atoms with E-state index in [9.17, 15) is 26.7 Å². The average molecular weight is 500 g/mol. The van der Waals surface area contributed by atoms with Gasteiger partial charge in [-0.2, -0.15) is 13.2 Å². The molecular formula is C22H21F5N4O4. The van der Waals surface area contributed by atoms with Gasteiger partial charge in [0.25, 0.3) is 6.02 Å². The van der Waals surface area contributed by atoms with Gasteiger partial charge in [0, 0.05) is 18.4 Å². The molecule has 0 saturated carbocycles. The topological polar surface area (TPSA) is 109 Å². The Morgan fingerprint density at radius 2 is 2.06 bits per heavy atom. The molecule has 1 fully saturated rings. The third-order valence-corrected chi connectivity index (χ3v) is 5.85. The Hall–Kier alpha value is -3.35. The second-order valence-corrected chi connectivity index (χ2v) is 8.19. The fraction of sp³-hybridized carbons (Fsp3) is 0.455. The van der Waals surface area contributed by atoms with Crippen molar-refractivity contribution in [1.82, 2.24) is 9.97 Å². The molecule has 0 bridgehead atoms. The van der Waals surface area contributed by atoms with Crippen molar-refractivity contribution in [1.29, 1.82) is 0 Å². The predicted molar refractivity (Wildman–Crippen MR) is 111 cm³/mol. The van der Waals surface area contributed by atoms with Crippen LogP contribution in [-0.4, -0.2) is 60.5 Å². The minimum Gasteiger partial charge on any atom is -0.467 e. The first-order valence-electron chi connectivity index (χ1n) is 10.6. The van der Waals surface area contributed by atoms with Crippen LogP contribution in [-0.2, 0) is 21.4 Å². The highest BCUT2D eigenvalue weighted by molar-refractivity contribution is 5.95. The Bertz CT molecular complexity index is 1110. The predicted octanol–water partition coefficient (Wildman–Crippen LogP) is 2.90. The second kappa shape index (κ2) is 9.72. The van der Waals surface area contributed by atoms with Crippen molar-refractivity contribution < 1.29 is 41.0 Å². The Balaban J connectivity index is 1.56. The molecule has 8 nitrogen and oxygen atoms in total. The summed E-state index contributed by atoms with van der Waals surface area (Å²) in [5.74, 6) is -2.30. The third kappa shape index (κ3) is 5.34. The van der Waals surface area contributed by atoms with Gasteiger partial charge in [0.1, 0.15) is 29.8 Å². The Labute approximate surface area is 196 Å². The van der Waals surface area contributed by atoms with Crippen molar-refractivity contribution in [2.24, 2.45) is 16.6 Å². The number of fused-ring (bicyclic) bond motifs is 1. The van der Waals surface area contributed by atoms with E-state index in [4.69, 9.17) is 15.2 Å². The van der Waals surface area contributed by atoms with Crippen LogP contribution < -0.4 is 10.5 Å². The van der Waals surface area contributed by atoms with Crippen molar-refractivity contribution >= 4 is 11.8 Å². The summed E-state index contributed by atoms with van der Waals surface area (Å²) in [6, 6.07) is 3.55. The Morgan fingerprint density at radius 1 is 1.26 bits per heavy atom. The summed E-state index contributed by atoms with van der Waals surface area (Å²) in [5.41, 5.74) is 4.22. The summed E-state index contributed by atoms with van der Waals surface area (Å²) in [4.78, 5) is 24.3. The quantitative estimate of drug-likeness (QED) is 0.460. The maximum absolute atomic E-state index is 15.0. The van der Waals surface area contributed by atoms with Gasteiger partial charge in [-0.05, 0) is 17.7 Å². The van der Waals surface area contributed by atoms with Crippen LogP contribution in [0.15, 0.2) is 35.6 Å². The number of Topliss-reactive ketones (excluding diaryl/α,β-unsaturated/α-hetero) is 1. The van der Waals surface area contributed by atoms with Crippen LogP contribution in [0.2, 0.25) is 0 Å². The zero-order chi connectivity index (χ0) is 25.2. The van der Waals surface area contributed by atoms with E-state index >= 15 is 0 Å². The third-order valence-electron chi connectivity index (χ3n) is 5.85. The molecule has 0 amide bonds. The molecule has 4 rings (SSSR count). The van der Waals surface area contributed by atoms with Gasteiger partial charge in [-0.1, -0.05) is 6.07 Å². The minimum atomic E-state index is -4.55. The molecule has 1 saturated heterocycles. The van der Waals surface area contributed by atoms with E-state index in [1.54, 1.807) is 0 Å². The lowest BCUT2D eigenvalue weighted by Crippen LogP contribution is -2.54. The molecular weight excluding hydrogens is 479 g/mol. The molecule has 0 unspecified atom stereocenters. The first-order chi connectivity index (χ1) is 16.6. The fourth-order valence-corrected chi connectivity index (χ4v) is 4.21. The van der Waals surface area contributed by atoms with E-state index in [0.29, 0.717) is 18.6 Å². The zero-order valence-corrected chi connectivity index (χ0v) is 18.2. The number of halogens is 5. The number of ketones is 1. The molecule has 13 heteroatoms. The summed E-state index contributed by atoms with van der Waals surface area (Å²) in [7, 11) is 0. The van der Waals surface area contributed by atoms with Gasteiger partial charge in [-0.15, -0.1) is 0 Å². The van der Waals surface area contributed by atoms with Gasteiger partial charge in [0.05, 0.1) is 31.5 Å². The number of nitrogens with zero attached hydrogens (tertiary/aromatic N) is 3. The zero-order valence-electron chi connectivity index (χ0n) is 18.2. The number of carbonyl (C=O) groups is 1. The normalized spacial score (nSPS) is 24.2. The number of benzene rings is 1. The van der Waals surface area contributed by atoms with Crippen LogP contribution in [0.1, 0.15) is 28.0 Å². The largest absolute Gasteiger partial charge is 0.467 e. The summed E-state index contributed by atoms with van der Waals surface area (Å²) in [6.07, 6.45) is -2.99.